The molecule has 0 amide bonds. The van der Waals surface area contributed by atoms with Crippen molar-refractivity contribution >= 4 is 11.3 Å². The van der Waals surface area contributed by atoms with Gasteiger partial charge < -0.3 is 5.32 Å². The first kappa shape index (κ1) is 10.1. The highest BCUT2D eigenvalue weighted by molar-refractivity contribution is 7.09. The van der Waals surface area contributed by atoms with Gasteiger partial charge in [0.1, 0.15) is 0 Å². The Kier molecular flexibility index (Phi) is 3.19. The first-order valence-corrected chi connectivity index (χ1v) is 6.29. The largest absolute Gasteiger partial charge is 0.317 e. The smallest absolute Gasteiger partial charge is 0.0959 e. The van der Waals surface area contributed by atoms with Gasteiger partial charge in [0.15, 0.2) is 0 Å². The third kappa shape index (κ3) is 2.15. The fourth-order valence-corrected chi connectivity index (χ4v) is 2.68. The number of nitrogens with zero attached hydrogens (tertiary/aromatic N) is 1. The fraction of sp³-hybridized carbons (Fsp3) is 0.727. The zero-order valence-electron chi connectivity index (χ0n) is 8.92. The minimum Gasteiger partial charge on any atom is -0.317 e. The standard InChI is InChI=1S/C11H18N2S/c1-8(12-2)6-10-7-14-11(13-10)9-4-3-5-9/h7-9,12H,3-6H2,1-2H3. The van der Waals surface area contributed by atoms with Gasteiger partial charge in [-0.05, 0) is 26.8 Å². The molecule has 1 aliphatic carbocycles. The number of nitrogens with one attached hydrogen (secondary N) is 1. The van der Waals surface area contributed by atoms with E-state index in [1.54, 1.807) is 0 Å². The van der Waals surface area contributed by atoms with Crippen LogP contribution >= 0.6 is 11.3 Å². The van der Waals surface area contributed by atoms with Gasteiger partial charge in [0.05, 0.1) is 10.7 Å². The maximum atomic E-state index is 4.70. The Hall–Kier alpha value is -0.410. The molecule has 14 heavy (non-hydrogen) atoms. The van der Waals surface area contributed by atoms with Gasteiger partial charge in [0, 0.05) is 23.8 Å². The molecule has 0 bridgehead atoms. The highest BCUT2D eigenvalue weighted by atomic mass is 32.1. The molecule has 0 radical (unpaired) electrons. The second kappa shape index (κ2) is 4.41. The third-order valence-corrected chi connectivity index (χ3v) is 4.09. The summed E-state index contributed by atoms with van der Waals surface area (Å²) in [6.07, 6.45) is 5.16. The Balaban J connectivity index is 1.95. The van der Waals surface area contributed by atoms with Gasteiger partial charge in [-0.3, -0.25) is 0 Å². The van der Waals surface area contributed by atoms with Crippen molar-refractivity contribution in [2.45, 2.75) is 44.6 Å². The summed E-state index contributed by atoms with van der Waals surface area (Å²) in [7, 11) is 2.00. The number of thiazole rings is 1. The highest BCUT2D eigenvalue weighted by Gasteiger charge is 2.22. The normalized spacial score (nSPS) is 19.3. The van der Waals surface area contributed by atoms with Gasteiger partial charge in [-0.2, -0.15) is 0 Å². The molecule has 1 unspecified atom stereocenters. The molecule has 1 atom stereocenters. The Morgan fingerprint density at radius 2 is 2.43 bits per heavy atom. The van der Waals surface area contributed by atoms with E-state index in [2.05, 4.69) is 17.6 Å². The van der Waals surface area contributed by atoms with Crippen LogP contribution in [0.3, 0.4) is 0 Å². The van der Waals surface area contributed by atoms with Crippen molar-refractivity contribution in [1.82, 2.24) is 10.3 Å². The van der Waals surface area contributed by atoms with Crippen LogP contribution in [0.1, 0.15) is 42.8 Å². The minimum absolute atomic E-state index is 0.534. The topological polar surface area (TPSA) is 24.9 Å². The molecule has 78 valence electrons. The van der Waals surface area contributed by atoms with Crippen LogP contribution < -0.4 is 5.32 Å². The molecule has 2 nitrogen and oxygen atoms in total. The molecule has 1 N–H and O–H groups in total. The number of hydrogen-bond donors (Lipinski definition) is 1. The number of hydrogen-bond acceptors (Lipinski definition) is 3. The van der Waals surface area contributed by atoms with Gasteiger partial charge in [-0.1, -0.05) is 6.42 Å². The summed E-state index contributed by atoms with van der Waals surface area (Å²) in [6.45, 7) is 2.20. The summed E-state index contributed by atoms with van der Waals surface area (Å²) in [5, 5.41) is 6.84. The number of rotatable bonds is 4. The molecule has 0 spiro atoms. The molecule has 1 aromatic rings. The van der Waals surface area contributed by atoms with Gasteiger partial charge in [-0.15, -0.1) is 11.3 Å². The first-order valence-electron chi connectivity index (χ1n) is 5.41. The molecular formula is C11H18N2S. The zero-order valence-corrected chi connectivity index (χ0v) is 9.73. The van der Waals surface area contributed by atoms with Crippen molar-refractivity contribution in [2.24, 2.45) is 0 Å². The molecule has 1 saturated carbocycles. The summed E-state index contributed by atoms with van der Waals surface area (Å²) in [4.78, 5) is 4.70. The molecule has 2 rings (SSSR count). The van der Waals surface area contributed by atoms with Crippen LogP contribution in [-0.4, -0.2) is 18.1 Å². The molecule has 3 heteroatoms. The van der Waals surface area contributed by atoms with E-state index in [-0.39, 0.29) is 0 Å². The maximum absolute atomic E-state index is 4.70. The Labute approximate surface area is 89.8 Å². The first-order chi connectivity index (χ1) is 6.79. The Morgan fingerprint density at radius 1 is 1.64 bits per heavy atom. The molecular weight excluding hydrogens is 192 g/mol. The third-order valence-electron chi connectivity index (χ3n) is 3.03. The fourth-order valence-electron chi connectivity index (χ4n) is 1.67. The lowest BCUT2D eigenvalue weighted by atomic mass is 9.86. The predicted molar refractivity (Wildman–Crippen MR) is 60.9 cm³/mol. The van der Waals surface area contributed by atoms with Crippen LogP contribution in [-0.2, 0) is 6.42 Å². The predicted octanol–water partition coefficient (Wildman–Crippen LogP) is 2.56. The maximum Gasteiger partial charge on any atom is 0.0959 e. The summed E-state index contributed by atoms with van der Waals surface area (Å²) < 4.78 is 0. The summed E-state index contributed by atoms with van der Waals surface area (Å²) in [5.74, 6) is 0.790. The minimum atomic E-state index is 0.534. The highest BCUT2D eigenvalue weighted by Crippen LogP contribution is 2.37. The molecule has 0 saturated heterocycles. The van der Waals surface area contributed by atoms with Crippen molar-refractivity contribution < 1.29 is 0 Å². The quantitative estimate of drug-likeness (QED) is 0.826. The molecule has 0 aromatic carbocycles. The lowest BCUT2D eigenvalue weighted by Crippen LogP contribution is -2.23. The molecule has 1 heterocycles. The second-order valence-corrected chi connectivity index (χ2v) is 5.09. The SMILES string of the molecule is CNC(C)Cc1csc(C2CCC2)n1. The van der Waals surface area contributed by atoms with E-state index in [0.717, 1.165) is 12.3 Å². The summed E-state index contributed by atoms with van der Waals surface area (Å²) >= 11 is 1.85. The zero-order chi connectivity index (χ0) is 9.97. The molecule has 1 aromatic heterocycles. The van der Waals surface area contributed by atoms with Crippen molar-refractivity contribution in [3.8, 4) is 0 Å². The van der Waals surface area contributed by atoms with E-state index < -0.39 is 0 Å². The van der Waals surface area contributed by atoms with Crippen molar-refractivity contribution in [2.75, 3.05) is 7.05 Å². The van der Waals surface area contributed by atoms with E-state index in [1.165, 1.54) is 30.0 Å². The second-order valence-electron chi connectivity index (χ2n) is 4.20. The van der Waals surface area contributed by atoms with Crippen molar-refractivity contribution in [1.29, 1.82) is 0 Å². The van der Waals surface area contributed by atoms with Gasteiger partial charge in [0.25, 0.3) is 0 Å². The average Bonchev–Trinajstić information content (AvgIpc) is 2.50. The average molecular weight is 210 g/mol. The van der Waals surface area contributed by atoms with E-state index in [9.17, 15) is 0 Å². The molecule has 0 aliphatic heterocycles. The molecule has 1 aliphatic rings. The van der Waals surface area contributed by atoms with E-state index in [1.807, 2.05) is 18.4 Å². The van der Waals surface area contributed by atoms with Crippen LogP contribution in [0.5, 0.6) is 0 Å². The lowest BCUT2D eigenvalue weighted by Gasteiger charge is -2.22. The van der Waals surface area contributed by atoms with Crippen LogP contribution in [0.2, 0.25) is 0 Å². The van der Waals surface area contributed by atoms with E-state index >= 15 is 0 Å². The van der Waals surface area contributed by atoms with E-state index in [0.29, 0.717) is 6.04 Å². The number of likely N-dealkylation sites (N-methyl/N-ethyl adjacent to an activating group) is 1. The van der Waals surface area contributed by atoms with Gasteiger partial charge >= 0.3 is 0 Å². The summed E-state index contributed by atoms with van der Waals surface area (Å²) in [5.41, 5.74) is 1.26. The molecule has 1 fully saturated rings. The van der Waals surface area contributed by atoms with E-state index in [4.69, 9.17) is 4.98 Å². The van der Waals surface area contributed by atoms with Crippen LogP contribution in [0, 0.1) is 0 Å². The summed E-state index contributed by atoms with van der Waals surface area (Å²) in [6, 6.07) is 0.534. The lowest BCUT2D eigenvalue weighted by molar-refractivity contribution is 0.417. The van der Waals surface area contributed by atoms with Crippen LogP contribution in [0.25, 0.3) is 0 Å². The van der Waals surface area contributed by atoms with Crippen LogP contribution in [0.4, 0.5) is 0 Å². The van der Waals surface area contributed by atoms with Gasteiger partial charge in [-0.25, -0.2) is 4.98 Å². The number of aromatic nitrogens is 1. The van der Waals surface area contributed by atoms with Gasteiger partial charge in [0.2, 0.25) is 0 Å². The monoisotopic (exact) mass is 210 g/mol. The van der Waals surface area contributed by atoms with Crippen LogP contribution in [0.15, 0.2) is 5.38 Å². The Morgan fingerprint density at radius 3 is 3.00 bits per heavy atom. The van der Waals surface area contributed by atoms with Crippen molar-refractivity contribution in [3.63, 3.8) is 0 Å². The van der Waals surface area contributed by atoms with Crippen molar-refractivity contribution in [3.05, 3.63) is 16.1 Å². The Bertz CT molecular complexity index is 291.